The van der Waals surface area contributed by atoms with Gasteiger partial charge in [0.1, 0.15) is 5.78 Å². The average molecular weight is 384 g/mol. The Hall–Kier alpha value is -2.62. The van der Waals surface area contributed by atoms with E-state index in [0.717, 1.165) is 23.3 Å². The van der Waals surface area contributed by atoms with E-state index in [1.807, 2.05) is 36.4 Å². The van der Waals surface area contributed by atoms with Crippen LogP contribution in [0.4, 0.5) is 4.79 Å². The van der Waals surface area contributed by atoms with Gasteiger partial charge in [-0.3, -0.25) is 4.79 Å². The van der Waals surface area contributed by atoms with Crippen LogP contribution in [0.5, 0.6) is 5.06 Å². The maximum atomic E-state index is 12.3. The Morgan fingerprint density at radius 3 is 2.74 bits per heavy atom. The summed E-state index contributed by atoms with van der Waals surface area (Å²) in [5.41, 5.74) is 0.868. The zero-order valence-corrected chi connectivity index (χ0v) is 15.4. The minimum Gasteiger partial charge on any atom is -0.449 e. The van der Waals surface area contributed by atoms with Crippen molar-refractivity contribution in [1.29, 1.82) is 0 Å². The number of benzene rings is 1. The van der Waals surface area contributed by atoms with E-state index in [-0.39, 0.29) is 24.0 Å². The van der Waals surface area contributed by atoms with Crippen molar-refractivity contribution in [1.82, 2.24) is 0 Å². The standard InChI is InChI=1S/C21H20O5S/c22-18-13-19(23)17(11-9-14-5-2-1-3-6-14)16(18)8-4-7-15-10-12-20(27-15)26-21(24)25/h1-3,5-6,10,12,16-17,19,23H,4,7-8,13H2,(H,24,25)/t16-,17-,19-/m1/s1. The first-order valence-corrected chi connectivity index (χ1v) is 9.61. The minimum atomic E-state index is -1.33. The normalized spacial score (nSPS) is 21.5. The van der Waals surface area contributed by atoms with E-state index in [1.165, 1.54) is 11.3 Å². The third kappa shape index (κ3) is 5.19. The fourth-order valence-corrected chi connectivity index (χ4v) is 4.20. The summed E-state index contributed by atoms with van der Waals surface area (Å²) in [6.07, 6.45) is 0.266. The summed E-state index contributed by atoms with van der Waals surface area (Å²) in [5.74, 6) is 5.63. The number of aliphatic hydroxyl groups is 1. The van der Waals surface area contributed by atoms with Gasteiger partial charge in [0.05, 0.1) is 12.0 Å². The van der Waals surface area contributed by atoms with Crippen LogP contribution in [0, 0.1) is 23.7 Å². The minimum absolute atomic E-state index is 0.0657. The van der Waals surface area contributed by atoms with Gasteiger partial charge in [0, 0.05) is 22.8 Å². The van der Waals surface area contributed by atoms with Gasteiger partial charge >= 0.3 is 6.16 Å². The van der Waals surface area contributed by atoms with Crippen LogP contribution in [0.3, 0.4) is 0 Å². The van der Waals surface area contributed by atoms with Crippen molar-refractivity contribution in [3.63, 3.8) is 0 Å². The van der Waals surface area contributed by atoms with E-state index in [9.17, 15) is 14.7 Å². The summed E-state index contributed by atoms with van der Waals surface area (Å²) in [4.78, 5) is 23.8. The smallest absolute Gasteiger partial charge is 0.449 e. The second-order valence-electron chi connectivity index (χ2n) is 6.49. The van der Waals surface area contributed by atoms with Crippen LogP contribution in [0.15, 0.2) is 42.5 Å². The quantitative estimate of drug-likeness (QED) is 0.606. The van der Waals surface area contributed by atoms with Gasteiger partial charge < -0.3 is 14.9 Å². The predicted molar refractivity (Wildman–Crippen MR) is 102 cm³/mol. The van der Waals surface area contributed by atoms with Crippen molar-refractivity contribution >= 4 is 23.3 Å². The molecule has 2 N–H and O–H groups in total. The number of hydrogen-bond acceptors (Lipinski definition) is 5. The van der Waals surface area contributed by atoms with Crippen LogP contribution in [0.1, 0.15) is 29.7 Å². The number of aliphatic hydroxyl groups excluding tert-OH is 1. The Labute approximate surface area is 161 Å². The molecule has 2 aromatic rings. The molecule has 1 heterocycles. The van der Waals surface area contributed by atoms with Crippen molar-refractivity contribution in [2.45, 2.75) is 31.8 Å². The van der Waals surface area contributed by atoms with Crippen molar-refractivity contribution < 1.29 is 24.5 Å². The zero-order chi connectivity index (χ0) is 19.2. The van der Waals surface area contributed by atoms with Crippen LogP contribution < -0.4 is 4.74 Å². The van der Waals surface area contributed by atoms with Gasteiger partial charge in [0.25, 0.3) is 0 Å². The van der Waals surface area contributed by atoms with E-state index in [0.29, 0.717) is 11.5 Å². The highest BCUT2D eigenvalue weighted by atomic mass is 32.1. The number of carboxylic acid groups (broad SMARTS) is 1. The summed E-state index contributed by atoms with van der Waals surface area (Å²) in [7, 11) is 0. The highest BCUT2D eigenvalue weighted by Gasteiger charge is 2.40. The molecule has 1 aliphatic rings. The maximum Gasteiger partial charge on any atom is 0.512 e. The molecule has 1 aromatic heterocycles. The first kappa shape index (κ1) is 19.2. The molecule has 3 rings (SSSR count). The largest absolute Gasteiger partial charge is 0.512 e. The molecule has 1 aliphatic carbocycles. The maximum absolute atomic E-state index is 12.3. The molecule has 0 radical (unpaired) electrons. The molecule has 1 saturated carbocycles. The second-order valence-corrected chi connectivity index (χ2v) is 7.62. The molecule has 0 unspecified atom stereocenters. The lowest BCUT2D eigenvalue weighted by Crippen LogP contribution is -2.19. The Bertz CT molecular complexity index is 861. The van der Waals surface area contributed by atoms with Crippen molar-refractivity contribution in [3.05, 3.63) is 52.9 Å². The number of Topliss-reactive ketones (excluding diaryl/α,β-unsaturated/α-hetero) is 1. The molecule has 27 heavy (non-hydrogen) atoms. The monoisotopic (exact) mass is 384 g/mol. The number of carbonyl (C=O) groups is 2. The third-order valence-electron chi connectivity index (χ3n) is 4.59. The molecule has 0 spiro atoms. The van der Waals surface area contributed by atoms with Crippen molar-refractivity contribution in [3.8, 4) is 16.9 Å². The average Bonchev–Trinajstić information content (AvgIpc) is 3.18. The van der Waals surface area contributed by atoms with Crippen LogP contribution in [-0.4, -0.2) is 28.3 Å². The van der Waals surface area contributed by atoms with Gasteiger partial charge in [0.2, 0.25) is 0 Å². The van der Waals surface area contributed by atoms with E-state index in [2.05, 4.69) is 16.6 Å². The number of hydrogen-bond donors (Lipinski definition) is 2. The molecule has 1 aromatic carbocycles. The first-order chi connectivity index (χ1) is 13.0. The van der Waals surface area contributed by atoms with Gasteiger partial charge in [0.15, 0.2) is 5.06 Å². The third-order valence-corrected chi connectivity index (χ3v) is 5.62. The summed E-state index contributed by atoms with van der Waals surface area (Å²) in [6.45, 7) is 0. The molecule has 0 aliphatic heterocycles. The SMILES string of the molecule is O=C(O)Oc1ccc(CCC[C@H]2C(=O)C[C@@H](O)[C@@H]2C#Cc2ccccc2)s1. The Kier molecular flexibility index (Phi) is 6.28. The molecular weight excluding hydrogens is 364 g/mol. The summed E-state index contributed by atoms with van der Waals surface area (Å²) in [6, 6.07) is 13.0. The highest BCUT2D eigenvalue weighted by Crippen LogP contribution is 2.33. The summed E-state index contributed by atoms with van der Waals surface area (Å²) in [5, 5.41) is 19.2. The fourth-order valence-electron chi connectivity index (χ4n) is 3.31. The lowest BCUT2D eigenvalue weighted by Gasteiger charge is -2.15. The fraction of sp³-hybridized carbons (Fsp3) is 0.333. The van der Waals surface area contributed by atoms with Crippen molar-refractivity contribution in [2.24, 2.45) is 11.8 Å². The molecule has 140 valence electrons. The molecule has 3 atom stereocenters. The zero-order valence-electron chi connectivity index (χ0n) is 14.6. The lowest BCUT2D eigenvalue weighted by molar-refractivity contribution is -0.121. The second kappa shape index (κ2) is 8.85. The summed E-state index contributed by atoms with van der Waals surface area (Å²) < 4.78 is 4.63. The summed E-state index contributed by atoms with van der Waals surface area (Å²) >= 11 is 1.29. The van der Waals surface area contributed by atoms with Gasteiger partial charge in [-0.2, -0.15) is 0 Å². The Morgan fingerprint density at radius 2 is 2.00 bits per heavy atom. The molecule has 1 fully saturated rings. The van der Waals surface area contributed by atoms with E-state index < -0.39 is 12.3 Å². The molecule has 0 saturated heterocycles. The van der Waals surface area contributed by atoms with Gasteiger partial charge in [-0.05, 0) is 43.5 Å². The number of rotatable bonds is 5. The van der Waals surface area contributed by atoms with Gasteiger partial charge in [-0.25, -0.2) is 4.79 Å². The predicted octanol–water partition coefficient (Wildman–Crippen LogP) is 3.75. The molecule has 0 amide bonds. The topological polar surface area (TPSA) is 83.8 Å². The van der Waals surface area contributed by atoms with Crippen LogP contribution >= 0.6 is 11.3 Å². The van der Waals surface area contributed by atoms with Gasteiger partial charge in [-0.1, -0.05) is 30.0 Å². The molecule has 6 heteroatoms. The van der Waals surface area contributed by atoms with Crippen LogP contribution in [-0.2, 0) is 11.2 Å². The highest BCUT2D eigenvalue weighted by molar-refractivity contribution is 7.13. The number of carbonyl (C=O) groups excluding carboxylic acids is 1. The van der Waals surface area contributed by atoms with Crippen LogP contribution in [0.25, 0.3) is 0 Å². The number of thiophene rings is 1. The number of aryl methyl sites for hydroxylation is 1. The van der Waals surface area contributed by atoms with E-state index in [1.54, 1.807) is 6.07 Å². The molecule has 5 nitrogen and oxygen atoms in total. The number of ether oxygens (including phenoxy) is 1. The first-order valence-electron chi connectivity index (χ1n) is 8.80. The van der Waals surface area contributed by atoms with E-state index in [4.69, 9.17) is 5.11 Å². The van der Waals surface area contributed by atoms with Gasteiger partial charge in [-0.15, -0.1) is 11.3 Å². The lowest BCUT2D eigenvalue weighted by atomic mass is 9.89. The Morgan fingerprint density at radius 1 is 1.22 bits per heavy atom. The molecular formula is C21H20O5S. The number of ketones is 1. The van der Waals surface area contributed by atoms with Crippen LogP contribution in [0.2, 0.25) is 0 Å². The Balaban J connectivity index is 1.59. The van der Waals surface area contributed by atoms with Crippen molar-refractivity contribution in [2.75, 3.05) is 0 Å². The van der Waals surface area contributed by atoms with E-state index >= 15 is 0 Å². The molecule has 0 bridgehead atoms.